The van der Waals surface area contributed by atoms with Crippen LogP contribution in [0, 0.1) is 5.92 Å². The molecule has 0 spiro atoms. The molecule has 0 bridgehead atoms. The summed E-state index contributed by atoms with van der Waals surface area (Å²) in [6.45, 7) is 2.68. The monoisotopic (exact) mass is 281 g/mol. The fourth-order valence-electron chi connectivity index (χ4n) is 2.29. The van der Waals surface area contributed by atoms with Gasteiger partial charge in [0.05, 0.1) is 16.6 Å². The minimum Gasteiger partial charge on any atom is -0.356 e. The molecule has 1 saturated heterocycles. The zero-order chi connectivity index (χ0) is 13.9. The standard InChI is InChI=1S/C14H19NO3S/c1-2-11-5-7-13(8-6-11)19(17,18)10-12-4-3-9-15-14(12)16/h5-8,12H,2-4,9-10H2,1H3,(H,15,16)/t12-/m0/s1. The van der Waals surface area contributed by atoms with E-state index in [2.05, 4.69) is 5.32 Å². The minimum atomic E-state index is -3.38. The molecular weight excluding hydrogens is 262 g/mol. The van der Waals surface area contributed by atoms with Crippen LogP contribution in [0.5, 0.6) is 0 Å². The van der Waals surface area contributed by atoms with Crippen LogP contribution >= 0.6 is 0 Å². The molecule has 1 aromatic rings. The molecule has 19 heavy (non-hydrogen) atoms. The van der Waals surface area contributed by atoms with Crippen molar-refractivity contribution < 1.29 is 13.2 Å². The number of rotatable bonds is 4. The molecule has 1 heterocycles. The summed E-state index contributed by atoms with van der Waals surface area (Å²) in [4.78, 5) is 11.9. The topological polar surface area (TPSA) is 63.2 Å². The SMILES string of the molecule is CCc1ccc(S(=O)(=O)C[C@@H]2CCCNC2=O)cc1. The zero-order valence-corrected chi connectivity index (χ0v) is 11.9. The summed E-state index contributed by atoms with van der Waals surface area (Å²) in [7, 11) is -3.38. The van der Waals surface area contributed by atoms with E-state index >= 15 is 0 Å². The van der Waals surface area contributed by atoms with Gasteiger partial charge in [-0.1, -0.05) is 19.1 Å². The largest absolute Gasteiger partial charge is 0.356 e. The van der Waals surface area contributed by atoms with Crippen molar-refractivity contribution >= 4 is 15.7 Å². The Bertz CT molecular complexity index is 549. The van der Waals surface area contributed by atoms with Crippen LogP contribution in [0.25, 0.3) is 0 Å². The summed E-state index contributed by atoms with van der Waals surface area (Å²) in [5.74, 6) is -0.644. The van der Waals surface area contributed by atoms with Gasteiger partial charge in [0.2, 0.25) is 5.91 Å². The Labute approximate surface area is 114 Å². The van der Waals surface area contributed by atoms with Crippen LogP contribution in [-0.2, 0) is 21.1 Å². The molecule has 5 heteroatoms. The number of sulfone groups is 1. The Kier molecular flexibility index (Phi) is 4.24. The first-order valence-electron chi connectivity index (χ1n) is 6.62. The Morgan fingerprint density at radius 3 is 2.53 bits per heavy atom. The average Bonchev–Trinajstić information content (AvgIpc) is 2.41. The Balaban J connectivity index is 2.14. The first kappa shape index (κ1) is 14.1. The lowest BCUT2D eigenvalue weighted by atomic mass is 10.0. The maximum atomic E-state index is 12.3. The van der Waals surface area contributed by atoms with Crippen molar-refractivity contribution in [2.75, 3.05) is 12.3 Å². The molecule has 4 nitrogen and oxygen atoms in total. The van der Waals surface area contributed by atoms with Crippen molar-refractivity contribution in [2.24, 2.45) is 5.92 Å². The number of benzene rings is 1. The normalized spacial score (nSPS) is 20.1. The quantitative estimate of drug-likeness (QED) is 0.910. The predicted octanol–water partition coefficient (Wildman–Crippen LogP) is 1.55. The van der Waals surface area contributed by atoms with Crippen molar-refractivity contribution in [3.05, 3.63) is 29.8 Å². The van der Waals surface area contributed by atoms with Crippen LogP contribution in [0.4, 0.5) is 0 Å². The highest BCUT2D eigenvalue weighted by molar-refractivity contribution is 7.91. The van der Waals surface area contributed by atoms with E-state index in [-0.39, 0.29) is 11.7 Å². The molecule has 1 aromatic carbocycles. The maximum Gasteiger partial charge on any atom is 0.224 e. The predicted molar refractivity (Wildman–Crippen MR) is 73.6 cm³/mol. The van der Waals surface area contributed by atoms with Crippen LogP contribution in [-0.4, -0.2) is 26.6 Å². The van der Waals surface area contributed by atoms with E-state index in [4.69, 9.17) is 0 Å². The lowest BCUT2D eigenvalue weighted by Crippen LogP contribution is -2.39. The maximum absolute atomic E-state index is 12.3. The van der Waals surface area contributed by atoms with E-state index in [1.807, 2.05) is 19.1 Å². The van der Waals surface area contributed by atoms with E-state index in [0.717, 1.165) is 18.4 Å². The smallest absolute Gasteiger partial charge is 0.224 e. The van der Waals surface area contributed by atoms with Crippen LogP contribution in [0.3, 0.4) is 0 Å². The van der Waals surface area contributed by atoms with Gasteiger partial charge in [0.1, 0.15) is 0 Å². The van der Waals surface area contributed by atoms with Gasteiger partial charge in [-0.25, -0.2) is 8.42 Å². The minimum absolute atomic E-state index is 0.0930. The van der Waals surface area contributed by atoms with Crippen molar-refractivity contribution in [3.8, 4) is 0 Å². The Morgan fingerprint density at radius 1 is 1.26 bits per heavy atom. The zero-order valence-electron chi connectivity index (χ0n) is 11.1. The summed E-state index contributed by atoms with van der Waals surface area (Å²) >= 11 is 0. The van der Waals surface area contributed by atoms with Crippen LogP contribution in [0.2, 0.25) is 0 Å². The van der Waals surface area contributed by atoms with E-state index < -0.39 is 15.8 Å². The molecule has 0 radical (unpaired) electrons. The third-order valence-electron chi connectivity index (χ3n) is 3.51. The van der Waals surface area contributed by atoms with Gasteiger partial charge in [-0.2, -0.15) is 0 Å². The third kappa shape index (κ3) is 3.35. The van der Waals surface area contributed by atoms with Gasteiger partial charge >= 0.3 is 0 Å². The lowest BCUT2D eigenvalue weighted by molar-refractivity contribution is -0.125. The van der Waals surface area contributed by atoms with E-state index in [1.54, 1.807) is 12.1 Å². The first-order valence-corrected chi connectivity index (χ1v) is 8.27. The molecule has 1 aliphatic heterocycles. The van der Waals surface area contributed by atoms with Gasteiger partial charge in [-0.3, -0.25) is 4.79 Å². The molecule has 0 unspecified atom stereocenters. The molecule has 0 aliphatic carbocycles. The molecule has 2 rings (SSSR count). The van der Waals surface area contributed by atoms with Crippen LogP contribution in [0.15, 0.2) is 29.2 Å². The highest BCUT2D eigenvalue weighted by atomic mass is 32.2. The fourth-order valence-corrected chi connectivity index (χ4v) is 3.88. The summed E-state index contributed by atoms with van der Waals surface area (Å²) in [5, 5.41) is 2.72. The van der Waals surface area contributed by atoms with Gasteiger partial charge in [0, 0.05) is 6.54 Å². The van der Waals surface area contributed by atoms with Crippen LogP contribution < -0.4 is 5.32 Å². The van der Waals surface area contributed by atoms with Crippen molar-refractivity contribution in [2.45, 2.75) is 31.1 Å². The molecule has 1 N–H and O–H groups in total. The molecular formula is C14H19NO3S. The number of amides is 1. The number of piperidine rings is 1. The number of hydrogen-bond donors (Lipinski definition) is 1. The van der Waals surface area contributed by atoms with Crippen molar-refractivity contribution in [1.29, 1.82) is 0 Å². The van der Waals surface area contributed by atoms with Gasteiger partial charge in [0.25, 0.3) is 0 Å². The third-order valence-corrected chi connectivity index (χ3v) is 5.34. The average molecular weight is 281 g/mol. The summed E-state index contributed by atoms with van der Waals surface area (Å²) in [5.41, 5.74) is 1.11. The van der Waals surface area contributed by atoms with Crippen molar-refractivity contribution in [3.63, 3.8) is 0 Å². The van der Waals surface area contributed by atoms with Crippen LogP contribution in [0.1, 0.15) is 25.3 Å². The summed E-state index contributed by atoms with van der Waals surface area (Å²) < 4.78 is 24.5. The van der Waals surface area contributed by atoms with Gasteiger partial charge in [-0.05, 0) is 37.0 Å². The molecule has 104 valence electrons. The molecule has 0 aromatic heterocycles. The molecule has 1 amide bonds. The summed E-state index contributed by atoms with van der Waals surface area (Å²) in [6.07, 6.45) is 2.38. The number of nitrogens with one attached hydrogen (secondary N) is 1. The van der Waals surface area contributed by atoms with E-state index in [9.17, 15) is 13.2 Å². The highest BCUT2D eigenvalue weighted by Gasteiger charge is 2.28. The van der Waals surface area contributed by atoms with Gasteiger partial charge in [0.15, 0.2) is 9.84 Å². The Morgan fingerprint density at radius 2 is 1.95 bits per heavy atom. The molecule has 1 aliphatic rings. The number of aryl methyl sites for hydroxylation is 1. The number of carbonyl (C=O) groups excluding carboxylic acids is 1. The summed E-state index contributed by atoms with van der Waals surface area (Å²) in [6, 6.07) is 6.92. The van der Waals surface area contributed by atoms with E-state index in [1.165, 1.54) is 0 Å². The van der Waals surface area contributed by atoms with E-state index in [0.29, 0.717) is 17.9 Å². The second-order valence-corrected chi connectivity index (χ2v) is 6.94. The number of hydrogen-bond acceptors (Lipinski definition) is 3. The molecule has 1 fully saturated rings. The highest BCUT2D eigenvalue weighted by Crippen LogP contribution is 2.20. The van der Waals surface area contributed by atoms with Crippen molar-refractivity contribution in [1.82, 2.24) is 5.32 Å². The first-order chi connectivity index (χ1) is 9.03. The lowest BCUT2D eigenvalue weighted by Gasteiger charge is -2.21. The second kappa shape index (κ2) is 5.74. The molecule has 1 atom stereocenters. The Hall–Kier alpha value is -1.36. The number of carbonyl (C=O) groups is 1. The second-order valence-electron chi connectivity index (χ2n) is 4.91. The fraction of sp³-hybridized carbons (Fsp3) is 0.500. The molecule has 0 saturated carbocycles. The van der Waals surface area contributed by atoms with Gasteiger partial charge < -0.3 is 5.32 Å². The van der Waals surface area contributed by atoms with Gasteiger partial charge in [-0.15, -0.1) is 0 Å².